The van der Waals surface area contributed by atoms with Gasteiger partial charge in [0.2, 0.25) is 5.75 Å². The summed E-state index contributed by atoms with van der Waals surface area (Å²) in [5.74, 6) is -1.22. The summed E-state index contributed by atoms with van der Waals surface area (Å²) < 4.78 is 36.0. The van der Waals surface area contributed by atoms with E-state index < -0.39 is 23.5 Å². The number of hydrogen-bond donors (Lipinski definition) is 1. The Kier molecular flexibility index (Phi) is 6.83. The van der Waals surface area contributed by atoms with E-state index in [1.165, 1.54) is 51.5 Å². The Morgan fingerprint density at radius 1 is 0.923 bits per heavy atom. The van der Waals surface area contributed by atoms with Gasteiger partial charge in [0.25, 0.3) is 5.78 Å². The first-order valence-electron chi connectivity index (χ1n) is 11.6. The molecule has 3 aromatic carbocycles. The van der Waals surface area contributed by atoms with Gasteiger partial charge in [-0.25, -0.2) is 9.37 Å². The Morgan fingerprint density at radius 3 is 2.18 bits per heavy atom. The van der Waals surface area contributed by atoms with Crippen molar-refractivity contribution in [1.82, 2.24) is 4.98 Å². The molecular formula is C28H23FN2O7S. The molecule has 0 spiro atoms. The normalized spacial score (nSPS) is 16.5. The number of rotatable bonds is 7. The predicted molar refractivity (Wildman–Crippen MR) is 143 cm³/mol. The maximum atomic E-state index is 13.9. The largest absolute Gasteiger partial charge is 0.507 e. The number of fused-ring (bicyclic) bond motifs is 1. The molecule has 1 saturated heterocycles. The summed E-state index contributed by atoms with van der Waals surface area (Å²) in [6.07, 6.45) is 0. The second-order valence-corrected chi connectivity index (χ2v) is 9.47. The van der Waals surface area contributed by atoms with Gasteiger partial charge in [-0.3, -0.25) is 14.5 Å². The number of hydrogen-bond acceptors (Lipinski definition) is 9. The van der Waals surface area contributed by atoms with Gasteiger partial charge in [0.1, 0.15) is 17.3 Å². The van der Waals surface area contributed by atoms with Crippen LogP contribution >= 0.6 is 11.3 Å². The van der Waals surface area contributed by atoms with Crippen molar-refractivity contribution in [3.63, 3.8) is 0 Å². The SMILES string of the molecule is COc1ccc(/C(O)=C2\C(=O)C(=O)N(c3nc4ccc(F)cc4s3)C2c2cc(OC)c(OC)c(OC)c2)cc1. The number of aliphatic hydroxyl groups is 1. The molecule has 1 unspecified atom stereocenters. The number of amides is 1. The van der Waals surface area contributed by atoms with Crippen LogP contribution in [0.1, 0.15) is 17.2 Å². The lowest BCUT2D eigenvalue weighted by Gasteiger charge is -2.24. The fraction of sp³-hybridized carbons (Fsp3) is 0.179. The van der Waals surface area contributed by atoms with Gasteiger partial charge < -0.3 is 24.1 Å². The second-order valence-electron chi connectivity index (χ2n) is 8.46. The van der Waals surface area contributed by atoms with Crippen molar-refractivity contribution in [1.29, 1.82) is 0 Å². The first-order chi connectivity index (χ1) is 18.8. The van der Waals surface area contributed by atoms with Crippen LogP contribution < -0.4 is 23.8 Å². The van der Waals surface area contributed by atoms with Gasteiger partial charge >= 0.3 is 5.91 Å². The smallest absolute Gasteiger partial charge is 0.301 e. The van der Waals surface area contributed by atoms with Gasteiger partial charge in [-0.2, -0.15) is 0 Å². The number of methoxy groups -OCH3 is 4. The zero-order valence-corrected chi connectivity index (χ0v) is 22.2. The summed E-state index contributed by atoms with van der Waals surface area (Å²) in [4.78, 5) is 32.7. The molecule has 1 aliphatic heterocycles. The number of aliphatic hydroxyl groups excluding tert-OH is 1. The molecule has 39 heavy (non-hydrogen) atoms. The maximum absolute atomic E-state index is 13.9. The van der Waals surface area contributed by atoms with Crippen molar-refractivity contribution in [2.75, 3.05) is 33.3 Å². The van der Waals surface area contributed by atoms with Crippen LogP contribution in [0.5, 0.6) is 23.0 Å². The number of nitrogens with zero attached hydrogens (tertiary/aromatic N) is 2. The van der Waals surface area contributed by atoms with Crippen LogP contribution in [0.4, 0.5) is 9.52 Å². The first kappa shape index (κ1) is 26.0. The number of thiazole rings is 1. The molecule has 0 bridgehead atoms. The number of Topliss-reactive ketones (excluding diaryl/α,β-unsaturated/α-hetero) is 1. The highest BCUT2D eigenvalue weighted by Gasteiger charge is 2.48. The van der Waals surface area contributed by atoms with E-state index in [-0.39, 0.29) is 28.0 Å². The van der Waals surface area contributed by atoms with Gasteiger partial charge in [0.15, 0.2) is 16.6 Å². The van der Waals surface area contributed by atoms with Gasteiger partial charge in [0, 0.05) is 5.56 Å². The summed E-state index contributed by atoms with van der Waals surface area (Å²) in [5.41, 5.74) is 0.990. The minimum atomic E-state index is -1.12. The second kappa shape index (κ2) is 10.3. The zero-order valence-electron chi connectivity index (χ0n) is 21.4. The minimum Gasteiger partial charge on any atom is -0.507 e. The molecule has 11 heteroatoms. The number of ketones is 1. The number of carbonyl (C=O) groups is 2. The molecule has 1 aromatic heterocycles. The highest BCUT2D eigenvalue weighted by Crippen LogP contribution is 2.48. The number of anilines is 1. The van der Waals surface area contributed by atoms with Crippen LogP contribution in [0.3, 0.4) is 0 Å². The topological polar surface area (TPSA) is 107 Å². The van der Waals surface area contributed by atoms with Crippen LogP contribution in [-0.4, -0.2) is 50.2 Å². The fourth-order valence-corrected chi connectivity index (χ4v) is 5.52. The number of carbonyl (C=O) groups excluding carboxylic acids is 2. The van der Waals surface area contributed by atoms with Gasteiger partial charge in [-0.1, -0.05) is 11.3 Å². The standard InChI is InChI=1S/C28H23FN2O7S/c1-35-17-8-5-14(6-9-17)24(32)22-23(15-11-19(36-2)26(38-4)20(12-15)37-3)31(27(34)25(22)33)28-30-18-10-7-16(29)13-21(18)39-28/h5-13,23,32H,1-4H3/b24-22+. The van der Waals surface area contributed by atoms with Crippen LogP contribution in [-0.2, 0) is 9.59 Å². The van der Waals surface area contributed by atoms with Crippen LogP contribution in [0.25, 0.3) is 16.0 Å². The molecule has 9 nitrogen and oxygen atoms in total. The van der Waals surface area contributed by atoms with E-state index >= 15 is 0 Å². The molecule has 1 fully saturated rings. The van der Waals surface area contributed by atoms with E-state index in [1.54, 1.807) is 36.4 Å². The summed E-state index contributed by atoms with van der Waals surface area (Å²) in [6.45, 7) is 0. The first-order valence-corrected chi connectivity index (χ1v) is 12.4. The predicted octanol–water partition coefficient (Wildman–Crippen LogP) is 5.10. The molecule has 1 aliphatic rings. The Labute approximate surface area is 226 Å². The van der Waals surface area contributed by atoms with Gasteiger partial charge in [-0.15, -0.1) is 0 Å². The number of ether oxygens (including phenoxy) is 4. The molecule has 0 radical (unpaired) electrons. The molecule has 1 atom stereocenters. The average molecular weight is 551 g/mol. The van der Waals surface area contributed by atoms with Crippen LogP contribution in [0.15, 0.2) is 60.2 Å². The van der Waals surface area contributed by atoms with Gasteiger partial charge in [-0.05, 0) is 60.2 Å². The minimum absolute atomic E-state index is 0.158. The Bertz CT molecular complexity index is 1610. The van der Waals surface area contributed by atoms with Crippen LogP contribution in [0.2, 0.25) is 0 Å². The van der Waals surface area contributed by atoms with Crippen molar-refractivity contribution in [2.24, 2.45) is 0 Å². The van der Waals surface area contributed by atoms with Crippen molar-refractivity contribution < 1.29 is 38.0 Å². The lowest BCUT2D eigenvalue weighted by Crippen LogP contribution is -2.29. The Morgan fingerprint density at radius 2 is 1.59 bits per heavy atom. The molecule has 2 heterocycles. The number of benzene rings is 3. The summed E-state index contributed by atoms with van der Waals surface area (Å²) >= 11 is 1.05. The molecule has 0 saturated carbocycles. The molecule has 1 N–H and O–H groups in total. The van der Waals surface area contributed by atoms with E-state index in [1.807, 2.05) is 0 Å². The molecule has 5 rings (SSSR count). The summed E-state index contributed by atoms with van der Waals surface area (Å²) in [7, 11) is 5.85. The third-order valence-corrected chi connectivity index (χ3v) is 7.37. The van der Waals surface area contributed by atoms with Crippen molar-refractivity contribution >= 4 is 44.1 Å². The average Bonchev–Trinajstić information content (AvgIpc) is 3.49. The third-order valence-electron chi connectivity index (χ3n) is 6.36. The van der Waals surface area contributed by atoms with Gasteiger partial charge in [0.05, 0.1) is 50.3 Å². The third kappa shape index (κ3) is 4.40. The quantitative estimate of drug-likeness (QED) is 0.193. The summed E-state index contributed by atoms with van der Waals surface area (Å²) in [5, 5.41) is 11.5. The highest BCUT2D eigenvalue weighted by molar-refractivity contribution is 7.22. The van der Waals surface area contributed by atoms with Crippen molar-refractivity contribution in [3.05, 3.63) is 77.1 Å². The Balaban J connectivity index is 1.77. The number of aromatic nitrogens is 1. The van der Waals surface area contributed by atoms with E-state index in [9.17, 15) is 19.1 Å². The highest BCUT2D eigenvalue weighted by atomic mass is 32.1. The van der Waals surface area contributed by atoms with E-state index in [4.69, 9.17) is 18.9 Å². The van der Waals surface area contributed by atoms with Crippen molar-refractivity contribution in [2.45, 2.75) is 6.04 Å². The molecule has 4 aromatic rings. The lowest BCUT2D eigenvalue weighted by atomic mass is 9.94. The number of halogens is 1. The monoisotopic (exact) mass is 550 g/mol. The molecule has 0 aliphatic carbocycles. The fourth-order valence-electron chi connectivity index (χ4n) is 4.50. The lowest BCUT2D eigenvalue weighted by molar-refractivity contribution is -0.132. The van der Waals surface area contributed by atoms with E-state index in [0.717, 1.165) is 11.3 Å². The molecule has 1 amide bonds. The van der Waals surface area contributed by atoms with E-state index in [0.29, 0.717) is 32.8 Å². The summed E-state index contributed by atoms with van der Waals surface area (Å²) in [6, 6.07) is 12.5. The van der Waals surface area contributed by atoms with Crippen molar-refractivity contribution in [3.8, 4) is 23.0 Å². The van der Waals surface area contributed by atoms with Crippen LogP contribution in [0, 0.1) is 5.82 Å². The maximum Gasteiger partial charge on any atom is 0.301 e. The van der Waals surface area contributed by atoms with E-state index in [2.05, 4.69) is 4.98 Å². The zero-order chi connectivity index (χ0) is 27.8. The molecule has 200 valence electrons. The molecular weight excluding hydrogens is 527 g/mol. The Hall–Kier alpha value is -4.64.